The molecule has 0 aliphatic heterocycles. The van der Waals surface area contributed by atoms with Crippen molar-refractivity contribution in [1.82, 2.24) is 14.3 Å². The first-order chi connectivity index (χ1) is 13.3. The molecule has 0 spiro atoms. The molecule has 1 aromatic carbocycles. The predicted molar refractivity (Wildman–Crippen MR) is 102 cm³/mol. The highest BCUT2D eigenvalue weighted by molar-refractivity contribution is 7.88. The van der Waals surface area contributed by atoms with E-state index in [2.05, 4.69) is 15.3 Å². The number of carbonyl (C=O) groups excluding carboxylic acids is 1. The van der Waals surface area contributed by atoms with Crippen LogP contribution in [0.5, 0.6) is 5.75 Å². The van der Waals surface area contributed by atoms with Crippen molar-refractivity contribution in [1.29, 1.82) is 0 Å². The lowest BCUT2D eigenvalue weighted by Gasteiger charge is -2.08. The number of furan rings is 1. The van der Waals surface area contributed by atoms with Gasteiger partial charge >= 0.3 is 0 Å². The number of benzene rings is 1. The van der Waals surface area contributed by atoms with Crippen LogP contribution in [0.4, 0.5) is 5.82 Å². The second-order valence-electron chi connectivity index (χ2n) is 5.88. The summed E-state index contributed by atoms with van der Waals surface area (Å²) in [5.74, 6) is 0.191. The average Bonchev–Trinajstić information content (AvgIpc) is 3.19. The van der Waals surface area contributed by atoms with Crippen molar-refractivity contribution in [3.05, 3.63) is 54.6 Å². The molecule has 0 fully saturated rings. The van der Waals surface area contributed by atoms with Crippen molar-refractivity contribution in [2.45, 2.75) is 5.09 Å². The number of hydrogen-bond donors (Lipinski definition) is 1. The van der Waals surface area contributed by atoms with Gasteiger partial charge in [0.25, 0.3) is 15.9 Å². The van der Waals surface area contributed by atoms with Crippen LogP contribution in [0.3, 0.4) is 0 Å². The Hall–Kier alpha value is -3.24. The Morgan fingerprint density at radius 1 is 1.11 bits per heavy atom. The van der Waals surface area contributed by atoms with Crippen LogP contribution in [0, 0.1) is 0 Å². The molecule has 28 heavy (non-hydrogen) atoms. The number of methoxy groups -OCH3 is 1. The van der Waals surface area contributed by atoms with E-state index < -0.39 is 15.9 Å². The number of sulfonamides is 1. The summed E-state index contributed by atoms with van der Waals surface area (Å²) in [6.45, 7) is 0. The average molecular weight is 402 g/mol. The molecule has 0 radical (unpaired) electrons. The summed E-state index contributed by atoms with van der Waals surface area (Å²) < 4.78 is 35.4. The summed E-state index contributed by atoms with van der Waals surface area (Å²) in [6, 6.07) is 11.4. The molecule has 2 aromatic heterocycles. The van der Waals surface area contributed by atoms with Crippen LogP contribution >= 0.6 is 0 Å². The molecular weight excluding hydrogens is 384 g/mol. The van der Waals surface area contributed by atoms with Crippen LogP contribution in [0.1, 0.15) is 10.6 Å². The van der Waals surface area contributed by atoms with Crippen molar-refractivity contribution < 1.29 is 22.4 Å². The summed E-state index contributed by atoms with van der Waals surface area (Å²) in [7, 11) is 0.569. The van der Waals surface area contributed by atoms with Crippen LogP contribution in [0.2, 0.25) is 0 Å². The standard InChI is InChI=1S/C18H18N4O5S/c1-22(2)28(24,25)17-9-8-15(27-17)18(23)21-16-10-14(19-11-20-16)12-4-6-13(26-3)7-5-12/h4-11H,1-3H3,(H,19,20,21,23). The van der Waals surface area contributed by atoms with Crippen molar-refractivity contribution in [3.63, 3.8) is 0 Å². The Morgan fingerprint density at radius 3 is 2.46 bits per heavy atom. The number of nitrogens with zero attached hydrogens (tertiary/aromatic N) is 3. The first kappa shape index (κ1) is 19.5. The monoisotopic (exact) mass is 402 g/mol. The third-order valence-electron chi connectivity index (χ3n) is 3.83. The number of aromatic nitrogens is 2. The number of hydrogen-bond acceptors (Lipinski definition) is 7. The molecule has 3 aromatic rings. The quantitative estimate of drug-likeness (QED) is 0.672. The summed E-state index contributed by atoms with van der Waals surface area (Å²) in [6.07, 6.45) is 1.32. The summed E-state index contributed by atoms with van der Waals surface area (Å²) >= 11 is 0. The molecule has 0 unspecified atom stereocenters. The number of rotatable bonds is 6. The number of anilines is 1. The number of nitrogens with one attached hydrogen (secondary N) is 1. The predicted octanol–water partition coefficient (Wildman–Crippen LogP) is 2.25. The first-order valence-electron chi connectivity index (χ1n) is 8.11. The van der Waals surface area contributed by atoms with Gasteiger partial charge in [0.2, 0.25) is 5.09 Å². The van der Waals surface area contributed by atoms with E-state index in [1.165, 1.54) is 32.6 Å². The molecule has 9 nitrogen and oxygen atoms in total. The van der Waals surface area contributed by atoms with Crippen molar-refractivity contribution in [3.8, 4) is 17.0 Å². The number of carbonyl (C=O) groups is 1. The van der Waals surface area contributed by atoms with Gasteiger partial charge in [-0.15, -0.1) is 0 Å². The van der Waals surface area contributed by atoms with E-state index in [0.717, 1.165) is 9.87 Å². The zero-order valence-corrected chi connectivity index (χ0v) is 16.2. The molecular formula is C18H18N4O5S. The van der Waals surface area contributed by atoms with Crippen LogP contribution in [-0.4, -0.2) is 49.8 Å². The van der Waals surface area contributed by atoms with Crippen molar-refractivity contribution in [2.24, 2.45) is 0 Å². The minimum absolute atomic E-state index is 0.148. The molecule has 1 N–H and O–H groups in total. The zero-order chi connectivity index (χ0) is 20.3. The molecule has 0 atom stereocenters. The van der Waals surface area contributed by atoms with Crippen molar-refractivity contribution >= 4 is 21.7 Å². The topological polar surface area (TPSA) is 115 Å². The number of amides is 1. The minimum Gasteiger partial charge on any atom is -0.497 e. The van der Waals surface area contributed by atoms with E-state index >= 15 is 0 Å². The van der Waals surface area contributed by atoms with Gasteiger partial charge in [0.05, 0.1) is 12.8 Å². The van der Waals surface area contributed by atoms with Gasteiger partial charge in [-0.3, -0.25) is 4.79 Å². The highest BCUT2D eigenvalue weighted by Gasteiger charge is 2.23. The molecule has 0 aliphatic rings. The molecule has 2 heterocycles. The minimum atomic E-state index is -3.76. The highest BCUT2D eigenvalue weighted by atomic mass is 32.2. The zero-order valence-electron chi connectivity index (χ0n) is 15.4. The summed E-state index contributed by atoms with van der Waals surface area (Å²) in [4.78, 5) is 20.6. The molecule has 146 valence electrons. The van der Waals surface area contributed by atoms with Crippen LogP contribution in [0.25, 0.3) is 11.3 Å². The van der Waals surface area contributed by atoms with Crippen molar-refractivity contribution in [2.75, 3.05) is 26.5 Å². The van der Waals surface area contributed by atoms with Gasteiger partial charge in [-0.1, -0.05) is 0 Å². The van der Waals surface area contributed by atoms with Gasteiger partial charge < -0.3 is 14.5 Å². The molecule has 3 rings (SSSR count). The molecule has 0 bridgehead atoms. The lowest BCUT2D eigenvalue weighted by molar-refractivity contribution is 0.0991. The van der Waals surface area contributed by atoms with Gasteiger partial charge in [0.1, 0.15) is 17.9 Å². The largest absolute Gasteiger partial charge is 0.497 e. The van der Waals surface area contributed by atoms with Gasteiger partial charge in [0.15, 0.2) is 5.76 Å². The SMILES string of the molecule is COc1ccc(-c2cc(NC(=O)c3ccc(S(=O)(=O)N(C)C)o3)ncn2)cc1. The second kappa shape index (κ2) is 7.79. The Kier molecular flexibility index (Phi) is 5.43. The number of ether oxygens (including phenoxy) is 1. The second-order valence-corrected chi connectivity index (χ2v) is 7.96. The Bertz CT molecular complexity index is 1090. The fourth-order valence-electron chi connectivity index (χ4n) is 2.28. The van der Waals surface area contributed by atoms with E-state index in [-0.39, 0.29) is 16.7 Å². The van der Waals surface area contributed by atoms with Gasteiger partial charge in [-0.25, -0.2) is 22.7 Å². The smallest absolute Gasteiger partial charge is 0.292 e. The molecule has 0 saturated heterocycles. The van der Waals surface area contributed by atoms with E-state index in [4.69, 9.17) is 9.15 Å². The van der Waals surface area contributed by atoms with Crippen LogP contribution in [0.15, 0.2) is 58.3 Å². The van der Waals surface area contributed by atoms with E-state index in [0.29, 0.717) is 11.4 Å². The van der Waals surface area contributed by atoms with Crippen LogP contribution in [-0.2, 0) is 10.0 Å². The Balaban J connectivity index is 1.79. The Labute approximate surface area is 162 Å². The van der Waals surface area contributed by atoms with Gasteiger partial charge in [-0.05, 0) is 36.4 Å². The van der Waals surface area contributed by atoms with E-state index in [1.807, 2.05) is 12.1 Å². The summed E-state index contributed by atoms with van der Waals surface area (Å²) in [5.41, 5.74) is 1.42. The maximum absolute atomic E-state index is 12.4. The lowest BCUT2D eigenvalue weighted by Crippen LogP contribution is -2.21. The molecule has 1 amide bonds. The third-order valence-corrected chi connectivity index (χ3v) is 5.52. The summed E-state index contributed by atoms with van der Waals surface area (Å²) in [5, 5.41) is 2.25. The normalized spacial score (nSPS) is 11.4. The van der Waals surface area contributed by atoms with Gasteiger partial charge in [-0.2, -0.15) is 0 Å². The molecule has 10 heteroatoms. The molecule has 0 aliphatic carbocycles. The van der Waals surface area contributed by atoms with Crippen LogP contribution < -0.4 is 10.1 Å². The fourth-order valence-corrected chi connectivity index (χ4v) is 3.08. The van der Waals surface area contributed by atoms with E-state index in [9.17, 15) is 13.2 Å². The lowest BCUT2D eigenvalue weighted by atomic mass is 10.1. The Morgan fingerprint density at radius 2 is 1.82 bits per heavy atom. The fraction of sp³-hybridized carbons (Fsp3) is 0.167. The first-order valence-corrected chi connectivity index (χ1v) is 9.55. The van der Waals surface area contributed by atoms with Gasteiger partial charge in [0, 0.05) is 25.7 Å². The highest BCUT2D eigenvalue weighted by Crippen LogP contribution is 2.22. The maximum Gasteiger partial charge on any atom is 0.292 e. The maximum atomic E-state index is 12.4. The molecule has 0 saturated carbocycles. The third kappa shape index (κ3) is 4.02. The van der Waals surface area contributed by atoms with E-state index in [1.54, 1.807) is 25.3 Å².